The Balaban J connectivity index is 2.30. The van der Waals surface area contributed by atoms with Crippen LogP contribution < -0.4 is 15.4 Å². The molecule has 5 heteroatoms. The van der Waals surface area contributed by atoms with E-state index in [1.165, 1.54) is 334 Å². The van der Waals surface area contributed by atoms with Crippen molar-refractivity contribution in [2.75, 3.05) is 19.7 Å². The fraction of sp³-hybridized carbons (Fsp3) is 0.889. The van der Waals surface area contributed by atoms with Crippen molar-refractivity contribution in [3.63, 3.8) is 0 Å². The summed E-state index contributed by atoms with van der Waals surface area (Å²) in [5, 5.41) is 6.34. The maximum Gasteiger partial charge on any atom is 0.255 e. The molecule has 0 fully saturated rings. The van der Waals surface area contributed by atoms with Gasteiger partial charge >= 0.3 is 0 Å². The fourth-order valence-electron chi connectivity index (χ4n) is 11.5. The molecule has 0 atom stereocenters. The van der Waals surface area contributed by atoms with Crippen LogP contribution in [0.4, 0.5) is 0 Å². The zero-order valence-electron chi connectivity index (χ0n) is 52.6. The van der Waals surface area contributed by atoms with Crippen LogP contribution in [0.25, 0.3) is 0 Å². The third kappa shape index (κ3) is 51.8. The third-order valence-electron chi connectivity index (χ3n) is 16.9. The van der Waals surface area contributed by atoms with Crippen LogP contribution in [0.5, 0.6) is 5.75 Å². The van der Waals surface area contributed by atoms with Gasteiger partial charge < -0.3 is 15.4 Å². The number of carbonyl (C=O) groups excluding carboxylic acids is 2. The van der Waals surface area contributed by atoms with Crippen LogP contribution >= 0.6 is 0 Å². The van der Waals surface area contributed by atoms with E-state index in [-0.39, 0.29) is 11.8 Å². The molecule has 0 aromatic heterocycles. The highest BCUT2D eigenvalue weighted by Gasteiger charge is 2.16. The van der Waals surface area contributed by atoms with Gasteiger partial charge in [0, 0.05) is 18.7 Å². The van der Waals surface area contributed by atoms with Crippen molar-refractivity contribution in [3.05, 3.63) is 29.3 Å². The average Bonchev–Trinajstić information content (AvgIpc) is 3.44. The Labute approximate surface area is 482 Å². The van der Waals surface area contributed by atoms with Gasteiger partial charge in [0.15, 0.2) is 0 Å². The molecule has 0 saturated carbocycles. The van der Waals surface area contributed by atoms with Crippen LogP contribution in [-0.2, 0) is 0 Å². The number of amides is 2. The standard InChI is InChI=1S/C72H136N2O3/c1-4-7-10-13-16-19-22-25-28-31-33-35-37-39-41-44-47-50-53-56-59-64-73-71(75)68-62-63-69(70(67-68)77-66-61-58-55-52-49-46-43-30-27-24-21-18-15-12-9-6-3)72(76)74-65-60-57-54-51-48-45-42-40-38-36-34-32-29-26-23-20-17-14-11-8-5-2/h62-63,67H,4-61,64-66H2,1-3H3,(H,73,75)(H,74,76). The normalized spacial score (nSPS) is 11.5. The van der Waals surface area contributed by atoms with Crippen molar-refractivity contribution in [1.82, 2.24) is 10.6 Å². The Bertz CT molecular complexity index is 1350. The Kier molecular flexibility index (Phi) is 58.4. The summed E-state index contributed by atoms with van der Waals surface area (Å²) in [6, 6.07) is 5.43. The maximum atomic E-state index is 13.5. The van der Waals surface area contributed by atoms with Gasteiger partial charge in [-0.05, 0) is 37.5 Å². The monoisotopic (exact) mass is 1080 g/mol. The maximum absolute atomic E-state index is 13.5. The molecule has 452 valence electrons. The first-order valence-electron chi connectivity index (χ1n) is 35.5. The lowest BCUT2D eigenvalue weighted by atomic mass is 10.0. The number of carbonyl (C=O) groups is 2. The largest absolute Gasteiger partial charge is 0.493 e. The molecular formula is C72H136N2O3. The lowest BCUT2D eigenvalue weighted by Crippen LogP contribution is -2.26. The van der Waals surface area contributed by atoms with Gasteiger partial charge in [-0.2, -0.15) is 0 Å². The molecular weight excluding hydrogens is 941 g/mol. The Morgan fingerprint density at radius 3 is 0.766 bits per heavy atom. The molecule has 0 unspecified atom stereocenters. The molecule has 0 heterocycles. The minimum Gasteiger partial charge on any atom is -0.493 e. The quantitative estimate of drug-likeness (QED) is 0.0639. The molecule has 1 rings (SSSR count). The summed E-state index contributed by atoms with van der Waals surface area (Å²) in [5.41, 5.74) is 1.13. The van der Waals surface area contributed by atoms with E-state index in [2.05, 4.69) is 31.4 Å². The third-order valence-corrected chi connectivity index (χ3v) is 16.9. The number of unbranched alkanes of at least 4 members (excludes halogenated alkanes) is 55. The fourth-order valence-corrected chi connectivity index (χ4v) is 11.5. The molecule has 0 bridgehead atoms. The van der Waals surface area contributed by atoms with Gasteiger partial charge in [-0.3, -0.25) is 9.59 Å². The van der Waals surface area contributed by atoms with Crippen LogP contribution in [0.15, 0.2) is 18.2 Å². The van der Waals surface area contributed by atoms with E-state index >= 15 is 0 Å². The number of nitrogens with one attached hydrogen (secondary N) is 2. The molecule has 0 aliphatic carbocycles. The molecule has 0 radical (unpaired) electrons. The predicted octanol–water partition coefficient (Wildman–Crippen LogP) is 24.2. The highest BCUT2D eigenvalue weighted by molar-refractivity contribution is 6.00. The summed E-state index contributed by atoms with van der Waals surface area (Å²) in [6.45, 7) is 8.84. The Hall–Kier alpha value is -2.04. The lowest BCUT2D eigenvalue weighted by molar-refractivity contribution is 0.0937. The van der Waals surface area contributed by atoms with Gasteiger partial charge in [-0.15, -0.1) is 0 Å². The van der Waals surface area contributed by atoms with E-state index in [9.17, 15) is 9.59 Å². The molecule has 1 aromatic carbocycles. The smallest absolute Gasteiger partial charge is 0.255 e. The first kappa shape index (κ1) is 73.0. The summed E-state index contributed by atoms with van der Waals surface area (Å²) in [5.74, 6) is 0.382. The Morgan fingerprint density at radius 2 is 0.506 bits per heavy atom. The van der Waals surface area contributed by atoms with E-state index in [0.717, 1.165) is 38.5 Å². The molecule has 77 heavy (non-hydrogen) atoms. The van der Waals surface area contributed by atoms with Crippen molar-refractivity contribution in [3.8, 4) is 5.75 Å². The van der Waals surface area contributed by atoms with Gasteiger partial charge in [0.05, 0.1) is 12.2 Å². The number of hydrogen-bond acceptors (Lipinski definition) is 3. The summed E-state index contributed by atoms with van der Waals surface area (Å²) in [6.07, 6.45) is 79.0. The van der Waals surface area contributed by atoms with Crippen LogP contribution in [-0.4, -0.2) is 31.5 Å². The summed E-state index contributed by atoms with van der Waals surface area (Å²) >= 11 is 0. The SMILES string of the molecule is CCCCCCCCCCCCCCCCCCCCCCCNC(=O)c1ccc(C(=O)NCCCCCCCCCCCCCCCCCCCCCCC)c(OCCCCCCCCCCCCCCCCCC)c1. The molecule has 0 saturated heterocycles. The van der Waals surface area contributed by atoms with Gasteiger partial charge in [0.25, 0.3) is 11.8 Å². The average molecular weight is 1080 g/mol. The van der Waals surface area contributed by atoms with E-state index in [4.69, 9.17) is 4.74 Å². The second-order valence-corrected chi connectivity index (χ2v) is 24.5. The minimum absolute atomic E-state index is 0.0722. The van der Waals surface area contributed by atoms with Gasteiger partial charge in [-0.1, -0.05) is 374 Å². The van der Waals surface area contributed by atoms with Crippen molar-refractivity contribution in [2.24, 2.45) is 0 Å². The molecule has 2 N–H and O–H groups in total. The molecule has 0 spiro atoms. The summed E-state index contributed by atoms with van der Waals surface area (Å²) in [7, 11) is 0. The molecule has 0 aliphatic heterocycles. The highest BCUT2D eigenvalue weighted by atomic mass is 16.5. The van der Waals surface area contributed by atoms with Crippen LogP contribution in [0, 0.1) is 0 Å². The van der Waals surface area contributed by atoms with E-state index < -0.39 is 0 Å². The minimum atomic E-state index is -0.0910. The predicted molar refractivity (Wildman–Crippen MR) is 341 cm³/mol. The lowest BCUT2D eigenvalue weighted by Gasteiger charge is -2.14. The highest BCUT2D eigenvalue weighted by Crippen LogP contribution is 2.23. The zero-order valence-corrected chi connectivity index (χ0v) is 52.6. The molecule has 1 aromatic rings. The van der Waals surface area contributed by atoms with Gasteiger partial charge in [0.2, 0.25) is 0 Å². The Morgan fingerprint density at radius 1 is 0.286 bits per heavy atom. The first-order chi connectivity index (χ1) is 38.1. The molecule has 2 amide bonds. The van der Waals surface area contributed by atoms with Crippen molar-refractivity contribution in [2.45, 2.75) is 393 Å². The van der Waals surface area contributed by atoms with Gasteiger partial charge in [-0.25, -0.2) is 0 Å². The topological polar surface area (TPSA) is 67.4 Å². The number of ether oxygens (including phenoxy) is 1. The van der Waals surface area contributed by atoms with Crippen molar-refractivity contribution in [1.29, 1.82) is 0 Å². The van der Waals surface area contributed by atoms with Crippen LogP contribution in [0.1, 0.15) is 414 Å². The van der Waals surface area contributed by atoms with E-state index in [0.29, 0.717) is 36.6 Å². The van der Waals surface area contributed by atoms with Crippen LogP contribution in [0.2, 0.25) is 0 Å². The van der Waals surface area contributed by atoms with Crippen LogP contribution in [0.3, 0.4) is 0 Å². The first-order valence-corrected chi connectivity index (χ1v) is 35.5. The van der Waals surface area contributed by atoms with E-state index in [1.54, 1.807) is 0 Å². The van der Waals surface area contributed by atoms with Crippen molar-refractivity contribution >= 4 is 11.8 Å². The summed E-state index contributed by atoms with van der Waals surface area (Å²) in [4.78, 5) is 26.9. The second-order valence-electron chi connectivity index (χ2n) is 24.5. The molecule has 0 aliphatic rings. The summed E-state index contributed by atoms with van der Waals surface area (Å²) < 4.78 is 6.33. The number of rotatable bonds is 64. The van der Waals surface area contributed by atoms with Crippen molar-refractivity contribution < 1.29 is 14.3 Å². The second kappa shape index (κ2) is 61.6. The number of benzene rings is 1. The zero-order chi connectivity index (χ0) is 55.3. The molecule has 5 nitrogen and oxygen atoms in total. The number of hydrogen-bond donors (Lipinski definition) is 2. The van der Waals surface area contributed by atoms with Gasteiger partial charge in [0.1, 0.15) is 5.75 Å². The van der Waals surface area contributed by atoms with E-state index in [1.807, 2.05) is 18.2 Å².